The Balaban J connectivity index is 1.80. The molecule has 0 radical (unpaired) electrons. The Morgan fingerprint density at radius 1 is 1.48 bits per heavy atom. The highest BCUT2D eigenvalue weighted by atomic mass is 35.5. The Hall–Kier alpha value is -1.92. The number of likely N-dealkylation sites (tertiary alicyclic amines) is 1. The molecule has 0 aliphatic carbocycles. The van der Waals surface area contributed by atoms with Gasteiger partial charge < -0.3 is 10.0 Å². The number of nitrogens with zero attached hydrogens (tertiary/aromatic N) is 4. The SMILES string of the molecule is CC(O)CC1CCCN1C(=O)c1cn(-c2ccccc2Cl)nn1. The summed E-state index contributed by atoms with van der Waals surface area (Å²) >= 11 is 6.14. The summed E-state index contributed by atoms with van der Waals surface area (Å²) in [5, 5.41) is 18.1. The molecule has 1 aromatic carbocycles. The summed E-state index contributed by atoms with van der Waals surface area (Å²) in [4.78, 5) is 14.4. The molecule has 0 bridgehead atoms. The van der Waals surface area contributed by atoms with Gasteiger partial charge in [0.2, 0.25) is 0 Å². The third-order valence-corrected chi connectivity index (χ3v) is 4.38. The van der Waals surface area contributed by atoms with E-state index >= 15 is 0 Å². The van der Waals surface area contributed by atoms with Crippen LogP contribution >= 0.6 is 11.6 Å². The Labute approximate surface area is 139 Å². The second kappa shape index (κ2) is 6.68. The molecule has 0 spiro atoms. The van der Waals surface area contributed by atoms with Crippen molar-refractivity contribution in [1.82, 2.24) is 19.9 Å². The third-order valence-electron chi connectivity index (χ3n) is 4.06. The molecule has 122 valence electrons. The zero-order valence-corrected chi connectivity index (χ0v) is 13.6. The number of halogens is 1. The lowest BCUT2D eigenvalue weighted by molar-refractivity contribution is 0.0676. The van der Waals surface area contributed by atoms with Crippen molar-refractivity contribution in [3.8, 4) is 5.69 Å². The minimum atomic E-state index is -0.424. The van der Waals surface area contributed by atoms with Crippen LogP contribution in [0.2, 0.25) is 5.02 Å². The Kier molecular flexibility index (Phi) is 4.63. The fraction of sp³-hybridized carbons (Fsp3) is 0.438. The predicted molar refractivity (Wildman–Crippen MR) is 86.7 cm³/mol. The van der Waals surface area contributed by atoms with Gasteiger partial charge in [0, 0.05) is 12.6 Å². The number of benzene rings is 1. The van der Waals surface area contributed by atoms with Gasteiger partial charge in [-0.25, -0.2) is 4.68 Å². The van der Waals surface area contributed by atoms with Gasteiger partial charge in [-0.3, -0.25) is 4.79 Å². The molecule has 2 aromatic rings. The van der Waals surface area contributed by atoms with Gasteiger partial charge in [0.05, 0.1) is 23.0 Å². The van der Waals surface area contributed by atoms with E-state index < -0.39 is 6.10 Å². The Morgan fingerprint density at radius 2 is 2.26 bits per heavy atom. The van der Waals surface area contributed by atoms with Crippen molar-refractivity contribution >= 4 is 17.5 Å². The van der Waals surface area contributed by atoms with Gasteiger partial charge in [0.25, 0.3) is 5.91 Å². The van der Waals surface area contributed by atoms with Crippen LogP contribution < -0.4 is 0 Å². The summed E-state index contributed by atoms with van der Waals surface area (Å²) in [6.07, 6.45) is 3.62. The van der Waals surface area contributed by atoms with Crippen molar-refractivity contribution in [1.29, 1.82) is 0 Å². The number of hydrogen-bond acceptors (Lipinski definition) is 4. The zero-order valence-electron chi connectivity index (χ0n) is 12.9. The van der Waals surface area contributed by atoms with Gasteiger partial charge in [-0.15, -0.1) is 5.10 Å². The van der Waals surface area contributed by atoms with Crippen LogP contribution in [0.1, 0.15) is 36.7 Å². The number of aromatic nitrogens is 3. The van der Waals surface area contributed by atoms with Crippen LogP contribution in [0.4, 0.5) is 0 Å². The van der Waals surface area contributed by atoms with Crippen LogP contribution in [0.25, 0.3) is 5.69 Å². The molecule has 7 heteroatoms. The summed E-state index contributed by atoms with van der Waals surface area (Å²) in [6.45, 7) is 2.43. The number of carbonyl (C=O) groups is 1. The van der Waals surface area contributed by atoms with Crippen LogP contribution in [0.3, 0.4) is 0 Å². The number of aliphatic hydroxyl groups is 1. The summed E-state index contributed by atoms with van der Waals surface area (Å²) < 4.78 is 1.51. The number of para-hydroxylation sites is 1. The van der Waals surface area contributed by atoms with Crippen molar-refractivity contribution in [3.05, 3.63) is 41.2 Å². The molecule has 1 aromatic heterocycles. The average Bonchev–Trinajstić information content (AvgIpc) is 3.16. The minimum absolute atomic E-state index is 0.0629. The number of amides is 1. The number of aliphatic hydroxyl groups excluding tert-OH is 1. The first-order chi connectivity index (χ1) is 11.1. The molecule has 6 nitrogen and oxygen atoms in total. The zero-order chi connectivity index (χ0) is 16.4. The first-order valence-electron chi connectivity index (χ1n) is 7.72. The van der Waals surface area contributed by atoms with E-state index in [0.29, 0.717) is 29.4 Å². The van der Waals surface area contributed by atoms with Crippen LogP contribution in [0, 0.1) is 0 Å². The molecule has 2 unspecified atom stereocenters. The van der Waals surface area contributed by atoms with Crippen molar-refractivity contribution in [2.45, 2.75) is 38.3 Å². The first kappa shape index (κ1) is 16.0. The normalized spacial score (nSPS) is 19.1. The van der Waals surface area contributed by atoms with Gasteiger partial charge in [-0.1, -0.05) is 28.9 Å². The van der Waals surface area contributed by atoms with Crippen LogP contribution in [0.5, 0.6) is 0 Å². The molecule has 3 rings (SSSR count). The van der Waals surface area contributed by atoms with E-state index in [0.717, 1.165) is 12.8 Å². The molecular formula is C16H19ClN4O2. The van der Waals surface area contributed by atoms with Gasteiger partial charge >= 0.3 is 0 Å². The van der Waals surface area contributed by atoms with Crippen molar-refractivity contribution in [3.63, 3.8) is 0 Å². The molecule has 2 heterocycles. The number of rotatable bonds is 4. The quantitative estimate of drug-likeness (QED) is 0.931. The smallest absolute Gasteiger partial charge is 0.276 e. The molecule has 1 amide bonds. The second-order valence-electron chi connectivity index (χ2n) is 5.88. The molecule has 0 saturated carbocycles. The van der Waals surface area contributed by atoms with Crippen LogP contribution in [-0.2, 0) is 0 Å². The fourth-order valence-corrected chi connectivity index (χ4v) is 3.23. The summed E-state index contributed by atoms with van der Waals surface area (Å²) in [5.41, 5.74) is 0.977. The highest BCUT2D eigenvalue weighted by Gasteiger charge is 2.31. The minimum Gasteiger partial charge on any atom is -0.393 e. The fourth-order valence-electron chi connectivity index (χ4n) is 3.01. The van der Waals surface area contributed by atoms with E-state index in [2.05, 4.69) is 10.3 Å². The molecule has 23 heavy (non-hydrogen) atoms. The molecule has 1 aliphatic rings. The molecule has 1 aliphatic heterocycles. The average molecular weight is 335 g/mol. The number of hydrogen-bond donors (Lipinski definition) is 1. The van der Waals surface area contributed by atoms with Crippen molar-refractivity contribution in [2.24, 2.45) is 0 Å². The third kappa shape index (κ3) is 3.38. The van der Waals surface area contributed by atoms with Crippen molar-refractivity contribution < 1.29 is 9.90 Å². The standard InChI is InChI=1S/C16H19ClN4O2/c1-11(22)9-12-5-4-8-20(12)16(23)14-10-21(19-18-14)15-7-3-2-6-13(15)17/h2-3,6-7,10-12,22H,4-5,8-9H2,1H3. The highest BCUT2D eigenvalue weighted by Crippen LogP contribution is 2.24. The van der Waals surface area contributed by atoms with Crippen molar-refractivity contribution in [2.75, 3.05) is 6.54 Å². The highest BCUT2D eigenvalue weighted by molar-refractivity contribution is 6.32. The molecule has 2 atom stereocenters. The maximum absolute atomic E-state index is 12.7. The Bertz CT molecular complexity index is 701. The van der Waals surface area contributed by atoms with E-state index in [4.69, 9.17) is 11.6 Å². The van der Waals surface area contributed by atoms with Crippen LogP contribution in [-0.4, -0.2) is 49.6 Å². The van der Waals surface area contributed by atoms with E-state index in [-0.39, 0.29) is 11.9 Å². The summed E-state index contributed by atoms with van der Waals surface area (Å²) in [5.74, 6) is -0.147. The van der Waals surface area contributed by atoms with E-state index in [9.17, 15) is 9.90 Å². The summed E-state index contributed by atoms with van der Waals surface area (Å²) in [7, 11) is 0. The molecule has 1 N–H and O–H groups in total. The monoisotopic (exact) mass is 334 g/mol. The lowest BCUT2D eigenvalue weighted by Gasteiger charge is -2.24. The number of carbonyl (C=O) groups excluding carboxylic acids is 1. The van der Waals surface area contributed by atoms with E-state index in [1.807, 2.05) is 18.2 Å². The van der Waals surface area contributed by atoms with Gasteiger partial charge in [0.15, 0.2) is 5.69 Å². The molecule has 1 fully saturated rings. The topological polar surface area (TPSA) is 71.2 Å². The van der Waals surface area contributed by atoms with Gasteiger partial charge in [0.1, 0.15) is 0 Å². The molecule has 1 saturated heterocycles. The Morgan fingerprint density at radius 3 is 3.00 bits per heavy atom. The lowest BCUT2D eigenvalue weighted by Crippen LogP contribution is -2.37. The summed E-state index contributed by atoms with van der Waals surface area (Å²) in [6, 6.07) is 7.33. The van der Waals surface area contributed by atoms with E-state index in [1.54, 1.807) is 24.1 Å². The van der Waals surface area contributed by atoms with Crippen LogP contribution in [0.15, 0.2) is 30.5 Å². The second-order valence-corrected chi connectivity index (χ2v) is 6.29. The first-order valence-corrected chi connectivity index (χ1v) is 8.10. The van der Waals surface area contributed by atoms with E-state index in [1.165, 1.54) is 4.68 Å². The maximum atomic E-state index is 12.7. The van der Waals surface area contributed by atoms with Gasteiger partial charge in [-0.05, 0) is 38.3 Å². The predicted octanol–water partition coefficient (Wildman–Crippen LogP) is 2.30. The van der Waals surface area contributed by atoms with Gasteiger partial charge in [-0.2, -0.15) is 0 Å². The lowest BCUT2D eigenvalue weighted by atomic mass is 10.1. The maximum Gasteiger partial charge on any atom is 0.276 e. The largest absolute Gasteiger partial charge is 0.393 e. The molecular weight excluding hydrogens is 316 g/mol.